The fourth-order valence-corrected chi connectivity index (χ4v) is 0.859. The van der Waals surface area contributed by atoms with Gasteiger partial charge in [-0.15, -0.1) is 0 Å². The monoisotopic (exact) mass is 180 g/mol. The van der Waals surface area contributed by atoms with Gasteiger partial charge in [0.2, 0.25) is 0 Å². The molecule has 0 radical (unpaired) electrons. The molecule has 13 heavy (non-hydrogen) atoms. The first-order valence-corrected chi connectivity index (χ1v) is 4.02. The summed E-state index contributed by atoms with van der Waals surface area (Å²) in [5, 5.41) is 2.62. The van der Waals surface area contributed by atoms with Crippen LogP contribution in [0.2, 0.25) is 0 Å². The quantitative estimate of drug-likeness (QED) is 0.655. The predicted octanol–water partition coefficient (Wildman–Crippen LogP) is -0.526. The number of carbonyl (C=O) groups excluding carboxylic acids is 1. The second-order valence-electron chi connectivity index (χ2n) is 2.53. The molecule has 0 unspecified atom stereocenters. The Hall–Kier alpha value is -1.49. The van der Waals surface area contributed by atoms with Gasteiger partial charge in [0.1, 0.15) is 11.5 Å². The van der Waals surface area contributed by atoms with Gasteiger partial charge >= 0.3 is 0 Å². The van der Waals surface area contributed by atoms with E-state index in [-0.39, 0.29) is 5.91 Å². The standard InChI is InChI=1S/C8H12N4O/c1-6-10-4-2-7(12-6)8(13)11-5-3-9/h2,4H,3,5,9H2,1H3,(H,11,13). The average Bonchev–Trinajstić information content (AvgIpc) is 2.14. The molecular formula is C8H12N4O. The lowest BCUT2D eigenvalue weighted by molar-refractivity contribution is 0.0949. The van der Waals surface area contributed by atoms with E-state index in [1.807, 2.05) is 0 Å². The Morgan fingerprint density at radius 1 is 1.69 bits per heavy atom. The van der Waals surface area contributed by atoms with Crippen LogP contribution in [0.4, 0.5) is 0 Å². The van der Waals surface area contributed by atoms with Crippen molar-refractivity contribution in [2.45, 2.75) is 6.92 Å². The van der Waals surface area contributed by atoms with E-state index >= 15 is 0 Å². The first-order chi connectivity index (χ1) is 6.24. The summed E-state index contributed by atoms with van der Waals surface area (Å²) >= 11 is 0. The number of aromatic nitrogens is 2. The van der Waals surface area contributed by atoms with E-state index < -0.39 is 0 Å². The Balaban J connectivity index is 2.66. The van der Waals surface area contributed by atoms with Gasteiger partial charge in [-0.25, -0.2) is 9.97 Å². The zero-order chi connectivity index (χ0) is 9.68. The van der Waals surface area contributed by atoms with E-state index in [1.54, 1.807) is 19.2 Å². The second kappa shape index (κ2) is 4.51. The Morgan fingerprint density at radius 2 is 2.46 bits per heavy atom. The highest BCUT2D eigenvalue weighted by Crippen LogP contribution is 1.93. The van der Waals surface area contributed by atoms with E-state index in [1.165, 1.54) is 0 Å². The lowest BCUT2D eigenvalue weighted by Crippen LogP contribution is -2.29. The number of amides is 1. The van der Waals surface area contributed by atoms with E-state index in [4.69, 9.17) is 5.73 Å². The summed E-state index contributed by atoms with van der Waals surface area (Å²) in [7, 11) is 0. The number of carbonyl (C=O) groups is 1. The van der Waals surface area contributed by atoms with Gasteiger partial charge in [0.05, 0.1) is 0 Å². The summed E-state index contributed by atoms with van der Waals surface area (Å²) in [6.45, 7) is 2.62. The van der Waals surface area contributed by atoms with Crippen LogP contribution in [0.25, 0.3) is 0 Å². The third-order valence-corrected chi connectivity index (χ3v) is 1.44. The number of nitrogens with two attached hydrogens (primary N) is 1. The molecule has 0 atom stereocenters. The molecule has 0 saturated carbocycles. The van der Waals surface area contributed by atoms with Crippen molar-refractivity contribution in [1.82, 2.24) is 15.3 Å². The highest BCUT2D eigenvalue weighted by atomic mass is 16.1. The summed E-state index contributed by atoms with van der Waals surface area (Å²) in [6, 6.07) is 1.57. The number of nitrogens with zero attached hydrogens (tertiary/aromatic N) is 2. The normalized spacial score (nSPS) is 9.69. The number of hydrogen-bond acceptors (Lipinski definition) is 4. The first-order valence-electron chi connectivity index (χ1n) is 4.02. The molecule has 5 heteroatoms. The zero-order valence-electron chi connectivity index (χ0n) is 7.45. The summed E-state index contributed by atoms with van der Waals surface area (Å²) < 4.78 is 0. The molecule has 1 heterocycles. The topological polar surface area (TPSA) is 80.9 Å². The lowest BCUT2D eigenvalue weighted by atomic mass is 10.3. The van der Waals surface area contributed by atoms with Crippen molar-refractivity contribution < 1.29 is 4.79 Å². The van der Waals surface area contributed by atoms with E-state index in [9.17, 15) is 4.79 Å². The minimum absolute atomic E-state index is 0.212. The zero-order valence-corrected chi connectivity index (χ0v) is 7.45. The van der Waals surface area contributed by atoms with E-state index in [2.05, 4.69) is 15.3 Å². The van der Waals surface area contributed by atoms with Crippen LogP contribution in [0, 0.1) is 6.92 Å². The van der Waals surface area contributed by atoms with Gasteiger partial charge in [-0.2, -0.15) is 0 Å². The summed E-state index contributed by atoms with van der Waals surface area (Å²) in [5.41, 5.74) is 5.61. The van der Waals surface area contributed by atoms with Gasteiger partial charge in [0.25, 0.3) is 5.91 Å². The van der Waals surface area contributed by atoms with Gasteiger partial charge in [-0.3, -0.25) is 4.79 Å². The molecule has 3 N–H and O–H groups in total. The van der Waals surface area contributed by atoms with Crippen LogP contribution in [-0.4, -0.2) is 29.0 Å². The van der Waals surface area contributed by atoms with Crippen LogP contribution in [0.3, 0.4) is 0 Å². The molecule has 1 amide bonds. The molecule has 70 valence electrons. The van der Waals surface area contributed by atoms with Gasteiger partial charge in [-0.1, -0.05) is 0 Å². The third-order valence-electron chi connectivity index (χ3n) is 1.44. The molecule has 0 aliphatic rings. The molecule has 1 rings (SSSR count). The number of nitrogens with one attached hydrogen (secondary N) is 1. The van der Waals surface area contributed by atoms with Crippen LogP contribution in [0.5, 0.6) is 0 Å². The van der Waals surface area contributed by atoms with Gasteiger partial charge in [0.15, 0.2) is 0 Å². The van der Waals surface area contributed by atoms with Crippen molar-refractivity contribution in [3.8, 4) is 0 Å². The van der Waals surface area contributed by atoms with Gasteiger partial charge in [-0.05, 0) is 13.0 Å². The van der Waals surface area contributed by atoms with Crippen LogP contribution in [-0.2, 0) is 0 Å². The number of aryl methyl sites for hydroxylation is 1. The molecule has 1 aromatic rings. The Labute approximate surface area is 76.4 Å². The van der Waals surface area contributed by atoms with Gasteiger partial charge in [0, 0.05) is 19.3 Å². The SMILES string of the molecule is Cc1nccc(C(=O)NCCN)n1. The Morgan fingerprint density at radius 3 is 3.08 bits per heavy atom. The van der Waals surface area contributed by atoms with E-state index in [0.717, 1.165) is 0 Å². The maximum Gasteiger partial charge on any atom is 0.270 e. The molecule has 1 aromatic heterocycles. The highest BCUT2D eigenvalue weighted by molar-refractivity contribution is 5.92. The molecule has 0 fully saturated rings. The summed E-state index contributed by atoms with van der Waals surface area (Å²) in [5.74, 6) is 0.372. The van der Waals surface area contributed by atoms with Crippen molar-refractivity contribution in [1.29, 1.82) is 0 Å². The maximum atomic E-state index is 11.3. The predicted molar refractivity (Wildman–Crippen MR) is 48.2 cm³/mol. The van der Waals surface area contributed by atoms with Crippen LogP contribution < -0.4 is 11.1 Å². The Kier molecular flexibility index (Phi) is 3.33. The summed E-state index contributed by atoms with van der Waals surface area (Å²) in [4.78, 5) is 19.1. The molecule has 0 spiro atoms. The smallest absolute Gasteiger partial charge is 0.270 e. The molecule has 0 aromatic carbocycles. The molecule has 0 aliphatic heterocycles. The van der Waals surface area contributed by atoms with Crippen LogP contribution in [0.15, 0.2) is 12.3 Å². The van der Waals surface area contributed by atoms with E-state index in [0.29, 0.717) is 24.6 Å². The summed E-state index contributed by atoms with van der Waals surface area (Å²) in [6.07, 6.45) is 1.56. The molecule has 0 bridgehead atoms. The van der Waals surface area contributed by atoms with Crippen LogP contribution in [0.1, 0.15) is 16.3 Å². The first kappa shape index (κ1) is 9.60. The molecular weight excluding hydrogens is 168 g/mol. The minimum atomic E-state index is -0.212. The van der Waals surface area contributed by atoms with Crippen molar-refractivity contribution >= 4 is 5.91 Å². The third kappa shape index (κ3) is 2.79. The maximum absolute atomic E-state index is 11.3. The highest BCUT2D eigenvalue weighted by Gasteiger charge is 2.05. The fourth-order valence-electron chi connectivity index (χ4n) is 0.859. The minimum Gasteiger partial charge on any atom is -0.349 e. The second-order valence-corrected chi connectivity index (χ2v) is 2.53. The average molecular weight is 180 g/mol. The molecule has 0 aliphatic carbocycles. The fraction of sp³-hybridized carbons (Fsp3) is 0.375. The van der Waals surface area contributed by atoms with Crippen molar-refractivity contribution in [3.63, 3.8) is 0 Å². The number of hydrogen-bond donors (Lipinski definition) is 2. The molecule has 5 nitrogen and oxygen atoms in total. The van der Waals surface area contributed by atoms with Crippen LogP contribution >= 0.6 is 0 Å². The number of rotatable bonds is 3. The van der Waals surface area contributed by atoms with Crippen molar-refractivity contribution in [2.24, 2.45) is 5.73 Å². The molecule has 0 saturated heterocycles. The lowest BCUT2D eigenvalue weighted by Gasteiger charge is -2.02. The Bertz CT molecular complexity index is 300. The van der Waals surface area contributed by atoms with Crippen molar-refractivity contribution in [3.05, 3.63) is 23.8 Å². The van der Waals surface area contributed by atoms with Gasteiger partial charge < -0.3 is 11.1 Å². The van der Waals surface area contributed by atoms with Crippen molar-refractivity contribution in [2.75, 3.05) is 13.1 Å². The largest absolute Gasteiger partial charge is 0.349 e.